The third kappa shape index (κ3) is 4.12. The van der Waals surface area contributed by atoms with Crippen LogP contribution in [0.5, 0.6) is 5.75 Å². The number of halogens is 1. The molecule has 5 heteroatoms. The quantitative estimate of drug-likeness (QED) is 0.845. The molecule has 1 amide bonds. The largest absolute Gasteiger partial charge is 0.489 e. The highest BCUT2D eigenvalue weighted by atomic mass is 35.5. The highest BCUT2D eigenvalue weighted by Crippen LogP contribution is 2.17. The Kier molecular flexibility index (Phi) is 5.26. The summed E-state index contributed by atoms with van der Waals surface area (Å²) in [6.45, 7) is 6.29. The fourth-order valence-electron chi connectivity index (χ4n) is 2.07. The zero-order valence-corrected chi connectivity index (χ0v) is 12.6. The molecular formula is C15H21ClN2O2. The maximum Gasteiger partial charge on any atom is 0.223 e. The van der Waals surface area contributed by atoms with E-state index < -0.39 is 0 Å². The van der Waals surface area contributed by atoms with Crippen molar-refractivity contribution in [2.75, 3.05) is 19.6 Å². The van der Waals surface area contributed by atoms with Crippen LogP contribution >= 0.6 is 11.6 Å². The van der Waals surface area contributed by atoms with E-state index in [2.05, 4.69) is 10.6 Å². The molecule has 0 bridgehead atoms. The Bertz CT molecular complexity index is 446. The van der Waals surface area contributed by atoms with Gasteiger partial charge in [0.05, 0.1) is 6.54 Å². The third-order valence-electron chi connectivity index (χ3n) is 3.65. The fourth-order valence-corrected chi connectivity index (χ4v) is 2.20. The summed E-state index contributed by atoms with van der Waals surface area (Å²) in [7, 11) is 0. The Labute approximate surface area is 124 Å². The van der Waals surface area contributed by atoms with Crippen LogP contribution in [-0.2, 0) is 4.79 Å². The SMILES string of the molecule is CC(CNC(=O)C(C)C1CNC1)Oc1ccc(Cl)cc1. The smallest absolute Gasteiger partial charge is 0.223 e. The molecule has 4 nitrogen and oxygen atoms in total. The number of carbonyl (C=O) groups is 1. The van der Waals surface area contributed by atoms with Gasteiger partial charge in [-0.15, -0.1) is 0 Å². The Morgan fingerprint density at radius 3 is 2.60 bits per heavy atom. The van der Waals surface area contributed by atoms with Crippen molar-refractivity contribution in [3.05, 3.63) is 29.3 Å². The van der Waals surface area contributed by atoms with E-state index >= 15 is 0 Å². The van der Waals surface area contributed by atoms with E-state index in [1.165, 1.54) is 0 Å². The number of hydrogen-bond donors (Lipinski definition) is 2. The van der Waals surface area contributed by atoms with Gasteiger partial charge in [-0.25, -0.2) is 0 Å². The van der Waals surface area contributed by atoms with Crippen LogP contribution in [0.4, 0.5) is 0 Å². The van der Waals surface area contributed by atoms with Gasteiger partial charge >= 0.3 is 0 Å². The van der Waals surface area contributed by atoms with Crippen molar-refractivity contribution in [3.63, 3.8) is 0 Å². The maximum absolute atomic E-state index is 12.0. The summed E-state index contributed by atoms with van der Waals surface area (Å²) in [5, 5.41) is 6.81. The summed E-state index contributed by atoms with van der Waals surface area (Å²) in [5.74, 6) is 1.37. The van der Waals surface area contributed by atoms with Crippen molar-refractivity contribution in [2.45, 2.75) is 20.0 Å². The van der Waals surface area contributed by atoms with Crippen LogP contribution in [0.15, 0.2) is 24.3 Å². The molecule has 0 aromatic heterocycles. The van der Waals surface area contributed by atoms with Crippen LogP contribution in [-0.4, -0.2) is 31.6 Å². The van der Waals surface area contributed by atoms with Crippen LogP contribution in [0.2, 0.25) is 5.02 Å². The number of amides is 1. The first-order chi connectivity index (χ1) is 9.56. The second kappa shape index (κ2) is 6.95. The van der Waals surface area contributed by atoms with Gasteiger partial charge in [0, 0.05) is 10.9 Å². The summed E-state index contributed by atoms with van der Waals surface area (Å²) in [5.41, 5.74) is 0. The van der Waals surface area contributed by atoms with Crippen molar-refractivity contribution < 1.29 is 9.53 Å². The predicted octanol–water partition coefficient (Wildman–Crippen LogP) is 2.08. The molecule has 0 aliphatic carbocycles. The van der Waals surface area contributed by atoms with Crippen LogP contribution in [0.25, 0.3) is 0 Å². The van der Waals surface area contributed by atoms with Gasteiger partial charge in [-0.3, -0.25) is 4.79 Å². The second-order valence-corrected chi connectivity index (χ2v) is 5.77. The minimum Gasteiger partial charge on any atom is -0.489 e. The van der Waals surface area contributed by atoms with Crippen LogP contribution in [0.3, 0.4) is 0 Å². The Morgan fingerprint density at radius 1 is 1.40 bits per heavy atom. The average Bonchev–Trinajstić information content (AvgIpc) is 2.36. The van der Waals surface area contributed by atoms with E-state index in [0.29, 0.717) is 17.5 Å². The second-order valence-electron chi connectivity index (χ2n) is 5.33. The number of benzene rings is 1. The highest BCUT2D eigenvalue weighted by Gasteiger charge is 2.28. The number of hydrogen-bond acceptors (Lipinski definition) is 3. The molecule has 1 aromatic carbocycles. The van der Waals surface area contributed by atoms with Gasteiger partial charge in [-0.2, -0.15) is 0 Å². The molecule has 1 heterocycles. The van der Waals surface area contributed by atoms with Gasteiger partial charge in [-0.1, -0.05) is 18.5 Å². The van der Waals surface area contributed by atoms with Crippen LogP contribution in [0, 0.1) is 11.8 Å². The minimum atomic E-state index is -0.0770. The van der Waals surface area contributed by atoms with E-state index in [4.69, 9.17) is 16.3 Å². The zero-order chi connectivity index (χ0) is 14.5. The molecule has 0 radical (unpaired) electrons. The number of rotatable bonds is 6. The summed E-state index contributed by atoms with van der Waals surface area (Å²) in [6, 6.07) is 7.22. The van der Waals surface area contributed by atoms with E-state index in [1.807, 2.05) is 26.0 Å². The number of nitrogens with one attached hydrogen (secondary N) is 2. The molecule has 2 atom stereocenters. The molecule has 1 fully saturated rings. The Morgan fingerprint density at radius 2 is 2.05 bits per heavy atom. The van der Waals surface area contributed by atoms with E-state index in [-0.39, 0.29) is 17.9 Å². The molecule has 1 aliphatic heterocycles. The first-order valence-electron chi connectivity index (χ1n) is 6.97. The number of ether oxygens (including phenoxy) is 1. The van der Waals surface area contributed by atoms with Crippen molar-refractivity contribution >= 4 is 17.5 Å². The third-order valence-corrected chi connectivity index (χ3v) is 3.90. The van der Waals surface area contributed by atoms with Gasteiger partial charge < -0.3 is 15.4 Å². The van der Waals surface area contributed by atoms with Crippen LogP contribution in [0.1, 0.15) is 13.8 Å². The van der Waals surface area contributed by atoms with Gasteiger partial charge in [0.2, 0.25) is 5.91 Å². The monoisotopic (exact) mass is 296 g/mol. The topological polar surface area (TPSA) is 50.4 Å². The first-order valence-corrected chi connectivity index (χ1v) is 7.34. The normalized spacial score (nSPS) is 17.9. The van der Waals surface area contributed by atoms with Gasteiger partial charge in [-0.05, 0) is 50.2 Å². The lowest BCUT2D eigenvalue weighted by molar-refractivity contribution is -0.127. The van der Waals surface area contributed by atoms with Gasteiger partial charge in [0.25, 0.3) is 0 Å². The molecular weight excluding hydrogens is 276 g/mol. The van der Waals surface area contributed by atoms with Gasteiger partial charge in [0.15, 0.2) is 0 Å². The molecule has 1 aliphatic rings. The Balaban J connectivity index is 1.72. The lowest BCUT2D eigenvalue weighted by Gasteiger charge is -2.32. The highest BCUT2D eigenvalue weighted by molar-refractivity contribution is 6.30. The van der Waals surface area contributed by atoms with Gasteiger partial charge in [0.1, 0.15) is 11.9 Å². The first kappa shape index (κ1) is 15.1. The molecule has 2 rings (SSSR count). The molecule has 110 valence electrons. The molecule has 0 spiro atoms. The maximum atomic E-state index is 12.0. The van der Waals surface area contributed by atoms with Crippen LogP contribution < -0.4 is 15.4 Å². The minimum absolute atomic E-state index is 0.0546. The molecule has 0 saturated carbocycles. The van der Waals surface area contributed by atoms with Crippen molar-refractivity contribution in [1.82, 2.24) is 10.6 Å². The molecule has 20 heavy (non-hydrogen) atoms. The summed E-state index contributed by atoms with van der Waals surface area (Å²) >= 11 is 5.82. The standard InChI is InChI=1S/C15H21ClN2O2/c1-10(20-14-5-3-13(16)4-6-14)7-18-15(19)11(2)12-8-17-9-12/h3-6,10-12,17H,7-9H2,1-2H3,(H,18,19). The van der Waals surface area contributed by atoms with Crippen molar-refractivity contribution in [1.29, 1.82) is 0 Å². The lowest BCUT2D eigenvalue weighted by Crippen LogP contribution is -2.50. The fraction of sp³-hybridized carbons (Fsp3) is 0.533. The molecule has 1 aromatic rings. The zero-order valence-electron chi connectivity index (χ0n) is 11.9. The molecule has 2 unspecified atom stereocenters. The van der Waals surface area contributed by atoms with Crippen molar-refractivity contribution in [3.8, 4) is 5.75 Å². The Hall–Kier alpha value is -1.26. The average molecular weight is 297 g/mol. The molecule has 1 saturated heterocycles. The summed E-state index contributed by atoms with van der Waals surface area (Å²) < 4.78 is 5.71. The molecule has 2 N–H and O–H groups in total. The van der Waals surface area contributed by atoms with E-state index in [0.717, 1.165) is 18.8 Å². The summed E-state index contributed by atoms with van der Waals surface area (Å²) in [4.78, 5) is 12.0. The van der Waals surface area contributed by atoms with E-state index in [9.17, 15) is 4.79 Å². The van der Waals surface area contributed by atoms with E-state index in [1.54, 1.807) is 12.1 Å². The summed E-state index contributed by atoms with van der Waals surface area (Å²) in [6.07, 6.45) is -0.0770. The van der Waals surface area contributed by atoms with Crippen molar-refractivity contribution in [2.24, 2.45) is 11.8 Å². The lowest BCUT2D eigenvalue weighted by atomic mass is 9.88. The number of carbonyl (C=O) groups excluding carboxylic acids is 1. The predicted molar refractivity (Wildman–Crippen MR) is 80.1 cm³/mol.